The van der Waals surface area contributed by atoms with Crippen LogP contribution < -0.4 is 0 Å². The van der Waals surface area contributed by atoms with E-state index in [-0.39, 0.29) is 39.3 Å². The summed E-state index contributed by atoms with van der Waals surface area (Å²) in [5.41, 5.74) is 0. The molecule has 0 radical (unpaired) electrons. The van der Waals surface area contributed by atoms with Crippen LogP contribution in [0.15, 0.2) is 0 Å². The van der Waals surface area contributed by atoms with E-state index in [4.69, 9.17) is 18.9 Å². The highest BCUT2D eigenvalue weighted by Crippen LogP contribution is 2.27. The summed E-state index contributed by atoms with van der Waals surface area (Å²) < 4.78 is 21.0. The summed E-state index contributed by atoms with van der Waals surface area (Å²) in [4.78, 5) is 49.9. The lowest BCUT2D eigenvalue weighted by atomic mass is 10.3. The summed E-state index contributed by atoms with van der Waals surface area (Å²) in [6.07, 6.45) is 5.77. The third-order valence-corrected chi connectivity index (χ3v) is 5.94. The molecule has 0 fully saturated rings. The number of esters is 4. The molecule has 0 saturated carbocycles. The Bertz CT molecular complexity index is 519. The van der Waals surface area contributed by atoms with Crippen LogP contribution in [-0.4, -0.2) is 60.8 Å². The van der Waals surface area contributed by atoms with Gasteiger partial charge in [-0.15, -0.1) is 11.8 Å². The highest BCUT2D eigenvalue weighted by atomic mass is 32.2. The maximum Gasteiger partial charge on any atom is 0.319 e. The second-order valence-electron chi connectivity index (χ2n) is 7.71. The molecule has 0 aromatic rings. The predicted molar refractivity (Wildman–Crippen MR) is 128 cm³/mol. The second kappa shape index (κ2) is 20.8. The first kappa shape index (κ1) is 31.2. The van der Waals surface area contributed by atoms with Crippen LogP contribution in [0.25, 0.3) is 0 Å². The molecule has 0 unspecified atom stereocenters. The van der Waals surface area contributed by atoms with E-state index in [1.807, 2.05) is 27.7 Å². The molecule has 0 aliphatic carbocycles. The minimum atomic E-state index is -0.983. The Morgan fingerprint density at radius 3 is 1.15 bits per heavy atom. The Hall–Kier alpha value is -1.77. The molecular weight excluding hydrogens is 448 g/mol. The quantitative estimate of drug-likeness (QED) is 0.137. The molecule has 2 atom stereocenters. The molecule has 0 rings (SSSR count). The Morgan fingerprint density at radius 1 is 0.545 bits per heavy atom. The molecule has 0 aromatic heterocycles. The van der Waals surface area contributed by atoms with Crippen LogP contribution in [0, 0.1) is 0 Å². The van der Waals surface area contributed by atoms with Crippen molar-refractivity contribution in [3.63, 3.8) is 0 Å². The molecular formula is C24H42O8S. The van der Waals surface area contributed by atoms with Crippen molar-refractivity contribution < 1.29 is 38.1 Å². The fourth-order valence-corrected chi connectivity index (χ4v) is 3.69. The van der Waals surface area contributed by atoms with Crippen molar-refractivity contribution >= 4 is 35.6 Å². The summed E-state index contributed by atoms with van der Waals surface area (Å²) in [7, 11) is 0. The zero-order chi connectivity index (χ0) is 24.9. The van der Waals surface area contributed by atoms with E-state index in [1.165, 1.54) is 0 Å². The average molecular weight is 491 g/mol. The molecule has 33 heavy (non-hydrogen) atoms. The normalized spacial score (nSPS) is 12.5. The highest BCUT2D eigenvalue weighted by molar-refractivity contribution is 8.01. The third-order valence-electron chi connectivity index (χ3n) is 4.56. The molecule has 0 aliphatic heterocycles. The maximum atomic E-state index is 12.7. The van der Waals surface area contributed by atoms with Gasteiger partial charge in [-0.2, -0.15) is 0 Å². The molecule has 0 aromatic carbocycles. The summed E-state index contributed by atoms with van der Waals surface area (Å²) in [6, 6.07) is 0. The van der Waals surface area contributed by atoms with Crippen LogP contribution >= 0.6 is 11.8 Å². The molecule has 8 nitrogen and oxygen atoms in total. The number of hydrogen-bond donors (Lipinski definition) is 0. The lowest BCUT2D eigenvalue weighted by Crippen LogP contribution is -2.32. The number of carbonyl (C=O) groups excluding carboxylic acids is 4. The van der Waals surface area contributed by atoms with E-state index in [0.717, 1.165) is 50.3 Å². The van der Waals surface area contributed by atoms with E-state index in [2.05, 4.69) is 0 Å². The van der Waals surface area contributed by atoms with E-state index in [0.29, 0.717) is 12.8 Å². The first-order chi connectivity index (χ1) is 15.9. The Labute approximate surface area is 202 Å². The molecule has 0 N–H and O–H groups in total. The van der Waals surface area contributed by atoms with Gasteiger partial charge in [0.25, 0.3) is 0 Å². The fourth-order valence-electron chi connectivity index (χ4n) is 2.47. The van der Waals surface area contributed by atoms with Crippen molar-refractivity contribution in [2.45, 2.75) is 102 Å². The minimum Gasteiger partial charge on any atom is -0.466 e. The van der Waals surface area contributed by atoms with Crippen molar-refractivity contribution in [1.29, 1.82) is 0 Å². The Balaban J connectivity index is 5.32. The molecule has 0 bridgehead atoms. The molecule has 0 aliphatic rings. The van der Waals surface area contributed by atoms with E-state index in [9.17, 15) is 19.2 Å². The van der Waals surface area contributed by atoms with Gasteiger partial charge in [-0.25, -0.2) is 0 Å². The molecule has 0 spiro atoms. The van der Waals surface area contributed by atoms with Crippen LogP contribution in [0.4, 0.5) is 0 Å². The molecule has 192 valence electrons. The molecule has 0 amide bonds. The summed E-state index contributed by atoms with van der Waals surface area (Å²) in [6.45, 7) is 8.88. The summed E-state index contributed by atoms with van der Waals surface area (Å²) in [5.74, 6) is -2.30. The van der Waals surface area contributed by atoms with Gasteiger partial charge in [-0.1, -0.05) is 53.4 Å². The molecule has 9 heteroatoms. The number of thioether (sulfide) groups is 1. The number of rotatable bonds is 20. The third kappa shape index (κ3) is 16.5. The van der Waals surface area contributed by atoms with Crippen LogP contribution in [0.5, 0.6) is 0 Å². The lowest BCUT2D eigenvalue weighted by Gasteiger charge is -2.21. The lowest BCUT2D eigenvalue weighted by molar-refractivity contribution is -0.150. The van der Waals surface area contributed by atoms with Crippen molar-refractivity contribution in [1.82, 2.24) is 0 Å². The van der Waals surface area contributed by atoms with Gasteiger partial charge >= 0.3 is 23.9 Å². The largest absolute Gasteiger partial charge is 0.466 e. The summed E-state index contributed by atoms with van der Waals surface area (Å²) in [5, 5.41) is -1.97. The van der Waals surface area contributed by atoms with Crippen LogP contribution in [-0.2, 0) is 38.1 Å². The van der Waals surface area contributed by atoms with Crippen molar-refractivity contribution in [3.8, 4) is 0 Å². The smallest absolute Gasteiger partial charge is 0.319 e. The molecule has 0 heterocycles. The Kier molecular flexibility index (Phi) is 19.7. The van der Waals surface area contributed by atoms with Gasteiger partial charge in [0.1, 0.15) is 10.5 Å². The predicted octanol–water partition coefficient (Wildman–Crippen LogP) is 4.61. The van der Waals surface area contributed by atoms with Gasteiger partial charge < -0.3 is 18.9 Å². The SMILES string of the molecule is CCCCOC(=O)C[C@H](S[C@@H](CC(=O)OCCCC)C(=O)OCCCC)C(=O)OCCCC. The van der Waals surface area contributed by atoms with Crippen LogP contribution in [0.2, 0.25) is 0 Å². The monoisotopic (exact) mass is 490 g/mol. The van der Waals surface area contributed by atoms with Crippen LogP contribution in [0.1, 0.15) is 91.9 Å². The van der Waals surface area contributed by atoms with E-state index in [1.54, 1.807) is 0 Å². The standard InChI is InChI=1S/C24H42O8S/c1-5-9-13-29-21(25)17-19(23(27)31-15-11-7-3)33-20(24(28)32-16-12-8-4)18-22(26)30-14-10-6-2/h19-20H,5-18H2,1-4H3/t19-,20-/m0/s1. The number of hydrogen-bond acceptors (Lipinski definition) is 9. The second-order valence-corrected chi connectivity index (χ2v) is 9.12. The number of ether oxygens (including phenoxy) is 4. The maximum absolute atomic E-state index is 12.7. The topological polar surface area (TPSA) is 105 Å². The van der Waals surface area contributed by atoms with Gasteiger partial charge in [0.15, 0.2) is 0 Å². The highest BCUT2D eigenvalue weighted by Gasteiger charge is 2.34. The van der Waals surface area contributed by atoms with Crippen molar-refractivity contribution in [2.75, 3.05) is 26.4 Å². The van der Waals surface area contributed by atoms with E-state index < -0.39 is 34.4 Å². The molecule has 0 saturated heterocycles. The minimum absolute atomic E-state index is 0.224. The van der Waals surface area contributed by atoms with Gasteiger partial charge in [0, 0.05) is 0 Å². The van der Waals surface area contributed by atoms with Gasteiger partial charge in [-0.05, 0) is 25.7 Å². The zero-order valence-electron chi connectivity index (χ0n) is 20.7. The van der Waals surface area contributed by atoms with Gasteiger partial charge in [0.2, 0.25) is 0 Å². The zero-order valence-corrected chi connectivity index (χ0v) is 21.5. The van der Waals surface area contributed by atoms with Gasteiger partial charge in [0.05, 0.1) is 39.3 Å². The fraction of sp³-hybridized carbons (Fsp3) is 0.833. The number of unbranched alkanes of at least 4 members (excludes halogenated alkanes) is 4. The first-order valence-corrected chi connectivity index (χ1v) is 13.1. The average Bonchev–Trinajstić information content (AvgIpc) is 2.78. The first-order valence-electron chi connectivity index (χ1n) is 12.2. The Morgan fingerprint density at radius 2 is 0.848 bits per heavy atom. The van der Waals surface area contributed by atoms with Gasteiger partial charge in [-0.3, -0.25) is 19.2 Å². The number of carbonyl (C=O) groups is 4. The van der Waals surface area contributed by atoms with E-state index >= 15 is 0 Å². The van der Waals surface area contributed by atoms with Crippen LogP contribution in [0.3, 0.4) is 0 Å². The van der Waals surface area contributed by atoms with Crippen molar-refractivity contribution in [2.24, 2.45) is 0 Å². The van der Waals surface area contributed by atoms with Crippen molar-refractivity contribution in [3.05, 3.63) is 0 Å². The summed E-state index contributed by atoms with van der Waals surface area (Å²) >= 11 is 0.906.